The van der Waals surface area contributed by atoms with Crippen molar-refractivity contribution >= 4 is 11.9 Å². The standard InChI is InChI=1S/C22H28N4O2/c1-15-3-4-16(2)18(11-15)13-23-21(27)17-5-6-20-19(12-17)14-24-22(25-20)26-7-9-28-10-8-26/h3-4,11,14,17H,5-10,12-13H2,1-2H3,(H,23,27)/t17-/m1/s1. The predicted molar refractivity (Wildman–Crippen MR) is 108 cm³/mol. The highest BCUT2D eigenvalue weighted by atomic mass is 16.5. The van der Waals surface area contributed by atoms with Crippen molar-refractivity contribution in [2.75, 3.05) is 31.2 Å². The fourth-order valence-electron chi connectivity index (χ4n) is 3.95. The van der Waals surface area contributed by atoms with Crippen molar-refractivity contribution in [3.63, 3.8) is 0 Å². The summed E-state index contributed by atoms with van der Waals surface area (Å²) in [7, 11) is 0. The lowest BCUT2D eigenvalue weighted by Crippen LogP contribution is -2.38. The Balaban J connectivity index is 1.38. The van der Waals surface area contributed by atoms with Gasteiger partial charge in [-0.25, -0.2) is 9.97 Å². The molecule has 1 aromatic carbocycles. The summed E-state index contributed by atoms with van der Waals surface area (Å²) in [5, 5.41) is 3.13. The maximum absolute atomic E-state index is 12.7. The van der Waals surface area contributed by atoms with Crippen LogP contribution in [0.2, 0.25) is 0 Å². The second-order valence-corrected chi connectivity index (χ2v) is 7.83. The molecule has 1 aliphatic carbocycles. The van der Waals surface area contributed by atoms with Crippen molar-refractivity contribution in [3.8, 4) is 0 Å². The Bertz CT molecular complexity index is 862. The van der Waals surface area contributed by atoms with Crippen molar-refractivity contribution in [2.45, 2.75) is 39.7 Å². The first kappa shape index (κ1) is 18.9. The highest BCUT2D eigenvalue weighted by Crippen LogP contribution is 2.26. The molecule has 0 unspecified atom stereocenters. The first-order valence-corrected chi connectivity index (χ1v) is 10.1. The number of nitrogens with one attached hydrogen (secondary N) is 1. The van der Waals surface area contributed by atoms with Crippen molar-refractivity contribution in [2.24, 2.45) is 5.92 Å². The van der Waals surface area contributed by atoms with Crippen LogP contribution in [0.5, 0.6) is 0 Å². The van der Waals surface area contributed by atoms with E-state index < -0.39 is 0 Å². The number of fused-ring (bicyclic) bond motifs is 1. The van der Waals surface area contributed by atoms with Crippen LogP contribution in [0.4, 0.5) is 5.95 Å². The van der Waals surface area contributed by atoms with E-state index in [1.54, 1.807) is 0 Å². The molecule has 1 amide bonds. The molecule has 2 aliphatic rings. The lowest BCUT2D eigenvalue weighted by molar-refractivity contribution is -0.125. The largest absolute Gasteiger partial charge is 0.378 e. The molecule has 0 radical (unpaired) electrons. The van der Waals surface area contributed by atoms with Gasteiger partial charge in [-0.05, 0) is 49.8 Å². The average molecular weight is 380 g/mol. The van der Waals surface area contributed by atoms with E-state index in [2.05, 4.69) is 47.2 Å². The number of amides is 1. The van der Waals surface area contributed by atoms with E-state index in [-0.39, 0.29) is 11.8 Å². The molecule has 0 spiro atoms. The summed E-state index contributed by atoms with van der Waals surface area (Å²) in [6.07, 6.45) is 4.30. The number of nitrogens with zero attached hydrogens (tertiary/aromatic N) is 3. The van der Waals surface area contributed by atoms with Gasteiger partial charge in [-0.2, -0.15) is 0 Å². The Morgan fingerprint density at radius 2 is 2.11 bits per heavy atom. The Kier molecular flexibility index (Phi) is 5.57. The van der Waals surface area contributed by atoms with E-state index in [1.165, 1.54) is 16.7 Å². The van der Waals surface area contributed by atoms with Crippen LogP contribution >= 0.6 is 0 Å². The van der Waals surface area contributed by atoms with Gasteiger partial charge in [0.25, 0.3) is 0 Å². The van der Waals surface area contributed by atoms with Crippen LogP contribution in [0.1, 0.15) is 34.4 Å². The monoisotopic (exact) mass is 380 g/mol. The number of carbonyl (C=O) groups is 1. The molecule has 1 aliphatic heterocycles. The molecule has 6 heteroatoms. The zero-order chi connectivity index (χ0) is 19.5. The van der Waals surface area contributed by atoms with Gasteiger partial charge in [0, 0.05) is 37.4 Å². The number of benzene rings is 1. The molecule has 148 valence electrons. The minimum absolute atomic E-state index is 0.00421. The summed E-state index contributed by atoms with van der Waals surface area (Å²) < 4.78 is 5.40. The Hall–Kier alpha value is -2.47. The van der Waals surface area contributed by atoms with Crippen LogP contribution in [0, 0.1) is 19.8 Å². The molecule has 1 N–H and O–H groups in total. The van der Waals surface area contributed by atoms with Gasteiger partial charge in [-0.3, -0.25) is 4.79 Å². The molecular formula is C22H28N4O2. The lowest BCUT2D eigenvalue weighted by Gasteiger charge is -2.28. The number of aromatic nitrogens is 2. The van der Waals surface area contributed by atoms with E-state index in [0.29, 0.717) is 6.54 Å². The normalized spacial score (nSPS) is 19.2. The summed E-state index contributed by atoms with van der Waals surface area (Å²) >= 11 is 0. The number of ether oxygens (including phenoxy) is 1. The quantitative estimate of drug-likeness (QED) is 0.882. The molecule has 6 nitrogen and oxygen atoms in total. The minimum atomic E-state index is -0.00421. The zero-order valence-electron chi connectivity index (χ0n) is 16.7. The lowest BCUT2D eigenvalue weighted by atomic mass is 9.86. The molecule has 1 aromatic heterocycles. The van der Waals surface area contributed by atoms with E-state index in [1.807, 2.05) is 6.20 Å². The van der Waals surface area contributed by atoms with Gasteiger partial charge in [-0.1, -0.05) is 23.8 Å². The van der Waals surface area contributed by atoms with Crippen LogP contribution in [0.25, 0.3) is 0 Å². The molecule has 1 fully saturated rings. The molecule has 0 saturated carbocycles. The van der Waals surface area contributed by atoms with Crippen LogP contribution in [-0.2, 0) is 28.9 Å². The molecule has 28 heavy (non-hydrogen) atoms. The van der Waals surface area contributed by atoms with Gasteiger partial charge in [0.1, 0.15) is 0 Å². The number of carbonyl (C=O) groups excluding carboxylic acids is 1. The third-order valence-corrected chi connectivity index (χ3v) is 5.76. The Labute approximate surface area is 166 Å². The second-order valence-electron chi connectivity index (χ2n) is 7.83. The maximum Gasteiger partial charge on any atom is 0.225 e. The number of hydrogen-bond acceptors (Lipinski definition) is 5. The third-order valence-electron chi connectivity index (χ3n) is 5.76. The second kappa shape index (κ2) is 8.27. The fourth-order valence-corrected chi connectivity index (χ4v) is 3.95. The van der Waals surface area contributed by atoms with Gasteiger partial charge in [0.05, 0.1) is 13.2 Å². The molecule has 4 rings (SSSR count). The van der Waals surface area contributed by atoms with Crippen LogP contribution < -0.4 is 10.2 Å². The van der Waals surface area contributed by atoms with Gasteiger partial charge in [-0.15, -0.1) is 0 Å². The molecule has 1 atom stereocenters. The topological polar surface area (TPSA) is 67.4 Å². The summed E-state index contributed by atoms with van der Waals surface area (Å²) in [6, 6.07) is 6.35. The van der Waals surface area contributed by atoms with Crippen molar-refractivity contribution in [3.05, 3.63) is 52.3 Å². The predicted octanol–water partition coefficient (Wildman–Crippen LogP) is 2.35. The van der Waals surface area contributed by atoms with Gasteiger partial charge in [0.15, 0.2) is 0 Å². The molecular weight excluding hydrogens is 352 g/mol. The summed E-state index contributed by atoms with van der Waals surface area (Å²) in [4.78, 5) is 24.2. The third kappa shape index (κ3) is 4.17. The molecule has 0 bridgehead atoms. The number of anilines is 1. The Morgan fingerprint density at radius 3 is 2.93 bits per heavy atom. The van der Waals surface area contributed by atoms with Crippen molar-refractivity contribution in [1.82, 2.24) is 15.3 Å². The Morgan fingerprint density at radius 1 is 1.29 bits per heavy atom. The van der Waals surface area contributed by atoms with E-state index in [4.69, 9.17) is 9.72 Å². The van der Waals surface area contributed by atoms with Gasteiger partial charge < -0.3 is 15.0 Å². The van der Waals surface area contributed by atoms with Crippen LogP contribution in [0.15, 0.2) is 24.4 Å². The fraction of sp³-hybridized carbons (Fsp3) is 0.500. The number of morpholine rings is 1. The smallest absolute Gasteiger partial charge is 0.225 e. The molecule has 2 aromatic rings. The SMILES string of the molecule is Cc1ccc(C)c(CNC(=O)[C@@H]2CCc3nc(N4CCOCC4)ncc3C2)c1. The minimum Gasteiger partial charge on any atom is -0.378 e. The van der Waals surface area contributed by atoms with E-state index >= 15 is 0 Å². The van der Waals surface area contributed by atoms with Crippen molar-refractivity contribution in [1.29, 1.82) is 0 Å². The summed E-state index contributed by atoms with van der Waals surface area (Å²) in [5.74, 6) is 0.916. The zero-order valence-corrected chi connectivity index (χ0v) is 16.7. The van der Waals surface area contributed by atoms with Crippen LogP contribution in [0.3, 0.4) is 0 Å². The average Bonchev–Trinajstić information content (AvgIpc) is 2.74. The first-order chi connectivity index (χ1) is 13.6. The maximum atomic E-state index is 12.7. The first-order valence-electron chi connectivity index (χ1n) is 10.1. The molecule has 1 saturated heterocycles. The summed E-state index contributed by atoms with van der Waals surface area (Å²) in [5.41, 5.74) is 5.81. The number of rotatable bonds is 4. The highest BCUT2D eigenvalue weighted by Gasteiger charge is 2.27. The van der Waals surface area contributed by atoms with Crippen molar-refractivity contribution < 1.29 is 9.53 Å². The highest BCUT2D eigenvalue weighted by molar-refractivity contribution is 5.79. The van der Waals surface area contributed by atoms with E-state index in [9.17, 15) is 4.79 Å². The number of aryl methyl sites for hydroxylation is 3. The van der Waals surface area contributed by atoms with Gasteiger partial charge >= 0.3 is 0 Å². The number of hydrogen-bond donors (Lipinski definition) is 1. The van der Waals surface area contributed by atoms with Gasteiger partial charge in [0.2, 0.25) is 11.9 Å². The summed E-state index contributed by atoms with van der Waals surface area (Å²) in [6.45, 7) is 7.87. The van der Waals surface area contributed by atoms with E-state index in [0.717, 1.165) is 62.8 Å². The molecule has 2 heterocycles. The van der Waals surface area contributed by atoms with Crippen LogP contribution in [-0.4, -0.2) is 42.2 Å².